The zero-order chi connectivity index (χ0) is 38.3. The van der Waals surface area contributed by atoms with Crippen LogP contribution in [-0.4, -0.2) is 57.4 Å². The molecule has 4 aliphatic heterocycles. The summed E-state index contributed by atoms with van der Waals surface area (Å²) in [6.45, 7) is 0. The van der Waals surface area contributed by atoms with Gasteiger partial charge in [-0.05, 0) is 111 Å². The molecule has 0 radical (unpaired) electrons. The van der Waals surface area contributed by atoms with E-state index in [1.807, 2.05) is 24.3 Å². The first-order chi connectivity index (χ1) is 24.9. The molecule has 2 N–H and O–H groups in total. The van der Waals surface area contributed by atoms with Gasteiger partial charge in [0.2, 0.25) is 11.9 Å². The predicted molar refractivity (Wildman–Crippen MR) is 253 cm³/mol. The Morgan fingerprint density at radius 2 is 0.962 bits per heavy atom. The molecule has 0 aromatic heterocycles. The lowest BCUT2D eigenvalue weighted by atomic mass is 10.0. The van der Waals surface area contributed by atoms with Gasteiger partial charge < -0.3 is 29.2 Å². The lowest BCUT2D eigenvalue weighted by Gasteiger charge is -2.09. The molecule has 0 atom stereocenters. The first-order valence-corrected chi connectivity index (χ1v) is 24.6. The molecule has 0 bridgehead atoms. The number of ether oxygens (including phenoxy) is 2. The number of hydrogen-bond donors (Lipinski definition) is 2. The second-order valence-electron chi connectivity index (χ2n) is 11.0. The third kappa shape index (κ3) is 10.8. The van der Waals surface area contributed by atoms with E-state index in [1.54, 1.807) is 76.1 Å². The van der Waals surface area contributed by atoms with Crippen LogP contribution in [0, 0.1) is 0 Å². The summed E-state index contributed by atoms with van der Waals surface area (Å²) in [7, 11) is 10.2. The highest BCUT2D eigenvalue weighted by atomic mass is 128. The molecule has 0 amide bonds. The maximum atomic E-state index is 12.8. The quantitative estimate of drug-likeness (QED) is 0.142. The van der Waals surface area contributed by atoms with Crippen LogP contribution in [0.2, 0.25) is 0 Å². The number of halogens is 7. The molecule has 0 saturated carbocycles. The van der Waals surface area contributed by atoms with Crippen molar-refractivity contribution in [2.45, 2.75) is 12.8 Å². The predicted octanol–water partition coefficient (Wildman–Crippen LogP) is 9.28. The van der Waals surface area contributed by atoms with E-state index in [4.69, 9.17) is 9.47 Å². The van der Waals surface area contributed by atoms with Crippen LogP contribution < -0.4 is 31.2 Å². The highest BCUT2D eigenvalue weighted by Gasteiger charge is 2.21. The largest absolute Gasteiger partial charge is 0.494 e. The number of aryl methyl sites for hydroxylation is 2. The summed E-state index contributed by atoms with van der Waals surface area (Å²) in [6, 6.07) is 11.4. The van der Waals surface area contributed by atoms with Gasteiger partial charge in [0.05, 0.1) is 43.5 Å². The van der Waals surface area contributed by atoms with Gasteiger partial charge in [0.15, 0.2) is 0 Å². The van der Waals surface area contributed by atoms with Gasteiger partial charge in [0, 0.05) is 102 Å². The number of nitrogens with zero attached hydrogens (tertiary/aromatic N) is 6. The number of fused-ring (bicyclic) bond motifs is 2. The molecule has 2 aromatic carbocycles. The fraction of sp³-hybridized carbons (Fsp3) is 0.235. The second kappa shape index (κ2) is 21.0. The average Bonchev–Trinajstić information content (AvgIpc) is 3.70. The van der Waals surface area contributed by atoms with E-state index in [-0.39, 0.29) is 35.1 Å². The van der Waals surface area contributed by atoms with Crippen molar-refractivity contribution in [2.75, 3.05) is 38.9 Å². The summed E-state index contributed by atoms with van der Waals surface area (Å²) in [5.74, 6) is 2.43. The van der Waals surface area contributed by atoms with Crippen molar-refractivity contribution in [2.24, 2.45) is 14.1 Å². The molecule has 4 aliphatic rings. The minimum absolute atomic E-state index is 0. The van der Waals surface area contributed by atoms with Crippen molar-refractivity contribution in [1.29, 1.82) is 0 Å². The molecular formula is C34H33Br4I3N8O4. The first-order valence-electron chi connectivity index (χ1n) is 15.1. The molecule has 19 heteroatoms. The van der Waals surface area contributed by atoms with Crippen molar-refractivity contribution in [3.8, 4) is 34.3 Å². The molecule has 6 rings (SSSR count). The fourth-order valence-electron chi connectivity index (χ4n) is 5.28. The van der Waals surface area contributed by atoms with Crippen LogP contribution in [0.3, 0.4) is 0 Å². The molecule has 282 valence electrons. The number of hydrogen-bond acceptors (Lipinski definition) is 10. The van der Waals surface area contributed by atoms with Gasteiger partial charge in [-0.3, -0.25) is 9.59 Å². The van der Waals surface area contributed by atoms with Crippen LogP contribution in [0.4, 0.5) is 11.9 Å². The van der Waals surface area contributed by atoms with E-state index < -0.39 is 0 Å². The van der Waals surface area contributed by atoms with E-state index in [2.05, 4.69) is 132 Å². The summed E-state index contributed by atoms with van der Waals surface area (Å²) in [6.07, 6.45) is 4.28. The smallest absolute Gasteiger partial charge is 0.256 e. The van der Waals surface area contributed by atoms with E-state index >= 15 is 0 Å². The van der Waals surface area contributed by atoms with Crippen LogP contribution >= 0.6 is 125 Å². The van der Waals surface area contributed by atoms with Crippen molar-refractivity contribution < 1.29 is 9.47 Å². The number of methoxy groups -OCH3 is 2. The van der Waals surface area contributed by atoms with Crippen LogP contribution in [0.15, 0.2) is 76.3 Å². The SMILES string of the molecule is CNc1nc2ccn(C)c(=O)c(Cc3cc(Br)c(OC)c(Br)c3)c-2n1.CNc1nc2ccn(C)c(=O)c(Cc3cc(Br)c(OC)c(Br)c3)c-2n1.I.II. The molecule has 12 nitrogen and oxygen atoms in total. The van der Waals surface area contributed by atoms with Gasteiger partial charge >= 0.3 is 0 Å². The summed E-state index contributed by atoms with van der Waals surface area (Å²) >= 11 is 18.2. The van der Waals surface area contributed by atoms with Crippen molar-refractivity contribution in [3.63, 3.8) is 0 Å². The highest BCUT2D eigenvalue weighted by Crippen LogP contribution is 2.37. The summed E-state index contributed by atoms with van der Waals surface area (Å²) < 4.78 is 17.0. The Hall–Kier alpha value is -1.67. The Bertz CT molecular complexity index is 2070. The molecule has 2 aromatic rings. The molecule has 0 fully saturated rings. The van der Waals surface area contributed by atoms with Gasteiger partial charge in [-0.1, -0.05) is 0 Å². The lowest BCUT2D eigenvalue weighted by molar-refractivity contribution is 0.409. The summed E-state index contributed by atoms with van der Waals surface area (Å²) in [5.41, 5.74) is 5.50. The lowest BCUT2D eigenvalue weighted by Crippen LogP contribution is -2.18. The van der Waals surface area contributed by atoms with Crippen LogP contribution in [-0.2, 0) is 26.9 Å². The molecule has 0 aliphatic carbocycles. The van der Waals surface area contributed by atoms with E-state index in [1.165, 1.54) is 0 Å². The van der Waals surface area contributed by atoms with Gasteiger partial charge in [-0.15, -0.1) is 24.0 Å². The Morgan fingerprint density at radius 3 is 1.25 bits per heavy atom. The molecule has 0 spiro atoms. The number of benzene rings is 2. The van der Waals surface area contributed by atoms with Gasteiger partial charge in [0.25, 0.3) is 11.1 Å². The number of nitrogens with one attached hydrogen (secondary N) is 2. The van der Waals surface area contributed by atoms with Gasteiger partial charge in [0.1, 0.15) is 22.9 Å². The maximum absolute atomic E-state index is 12.8. The first kappa shape index (κ1) is 45.7. The molecular weight excluding hydrogens is 1280 g/mol. The van der Waals surface area contributed by atoms with Gasteiger partial charge in [-0.25, -0.2) is 19.9 Å². The standard InChI is InChI=1S/2C17H16Br2N4O2.I2.HI/c2*1-20-17-21-13-4-5-23(2)16(24)10(14(13)22-17)6-9-7-11(18)15(25-3)12(19)8-9;1-2;/h2*4-5,7-8H,6H2,1-3H3,(H,20,22);;1H. The normalized spacial score (nSPS) is 10.4. The minimum atomic E-state index is -0.0967. The van der Waals surface area contributed by atoms with E-state index in [0.717, 1.165) is 29.0 Å². The topological polar surface area (TPSA) is 138 Å². The molecule has 0 unspecified atom stereocenters. The summed E-state index contributed by atoms with van der Waals surface area (Å²) in [4.78, 5) is 43.3. The Labute approximate surface area is 380 Å². The number of rotatable bonds is 8. The Morgan fingerprint density at radius 1 is 0.642 bits per heavy atom. The molecule has 4 heterocycles. The van der Waals surface area contributed by atoms with Crippen LogP contribution in [0.5, 0.6) is 11.5 Å². The average molecular weight is 1320 g/mol. The third-order valence-corrected chi connectivity index (χ3v) is 10.1. The maximum Gasteiger partial charge on any atom is 0.256 e. The zero-order valence-corrected chi connectivity index (χ0v) is 42.0. The molecule has 53 heavy (non-hydrogen) atoms. The van der Waals surface area contributed by atoms with Crippen LogP contribution in [0.25, 0.3) is 22.8 Å². The van der Waals surface area contributed by atoms with Gasteiger partial charge in [-0.2, -0.15) is 0 Å². The number of imidazole rings is 2. The minimum Gasteiger partial charge on any atom is -0.494 e. The second-order valence-corrected chi connectivity index (χ2v) is 14.4. The fourth-order valence-corrected chi connectivity index (χ4v) is 8.49. The highest BCUT2D eigenvalue weighted by molar-refractivity contribution is 15.0. The summed E-state index contributed by atoms with van der Waals surface area (Å²) in [5, 5.41) is 5.84. The van der Waals surface area contributed by atoms with Crippen molar-refractivity contribution >= 4 is 137 Å². The Balaban J connectivity index is 0.000000268. The zero-order valence-electron chi connectivity index (χ0n) is 29.0. The van der Waals surface area contributed by atoms with Crippen molar-refractivity contribution in [3.05, 3.63) is 110 Å². The molecule has 0 saturated heterocycles. The van der Waals surface area contributed by atoms with Crippen LogP contribution in [0.1, 0.15) is 22.3 Å². The monoisotopic (exact) mass is 1310 g/mol. The number of aromatic nitrogens is 6. The van der Waals surface area contributed by atoms with Crippen molar-refractivity contribution in [1.82, 2.24) is 29.1 Å². The van der Waals surface area contributed by atoms with E-state index in [9.17, 15) is 9.59 Å². The number of anilines is 2. The third-order valence-electron chi connectivity index (χ3n) is 7.75. The Kier molecular flexibility index (Phi) is 18.1. The van der Waals surface area contributed by atoms with E-state index in [0.29, 0.717) is 70.1 Å².